The number of benzene rings is 1. The van der Waals surface area contributed by atoms with E-state index in [1.807, 2.05) is 0 Å². The summed E-state index contributed by atoms with van der Waals surface area (Å²) in [6.45, 7) is 1.42. The molecule has 0 aliphatic rings. The lowest BCUT2D eigenvalue weighted by Gasteiger charge is -2.08. The molecule has 0 spiro atoms. The number of amides is 1. The van der Waals surface area contributed by atoms with Crippen LogP contribution in [0.4, 0.5) is 21.6 Å². The maximum absolute atomic E-state index is 13.6. The smallest absolute Gasteiger partial charge is 0.404 e. The number of carbonyl (C=O) groups excluding carboxylic acids is 1. The molecule has 0 aliphatic heterocycles. The van der Waals surface area contributed by atoms with Crippen molar-refractivity contribution in [3.8, 4) is 0 Å². The third kappa shape index (κ3) is 3.78. The zero-order chi connectivity index (χ0) is 15.4. The normalized spacial score (nSPS) is 10.2. The van der Waals surface area contributed by atoms with Crippen LogP contribution in [0.2, 0.25) is 0 Å². The van der Waals surface area contributed by atoms with Crippen LogP contribution in [0.15, 0.2) is 34.7 Å². The standard InChI is InChI=1S/C13H12FN3O4/c1-8(18)16-9-2-4-11(14)12(6-9)15-7-10-3-5-13(21-10)17(19)20/h2-6,15H,7H2,1H3,(H,16,18). The fourth-order valence-electron chi connectivity index (χ4n) is 1.68. The van der Waals surface area contributed by atoms with Gasteiger partial charge < -0.3 is 15.1 Å². The second kappa shape index (κ2) is 6.04. The Hall–Kier alpha value is -2.90. The van der Waals surface area contributed by atoms with Gasteiger partial charge in [-0.05, 0) is 24.3 Å². The molecule has 8 heteroatoms. The number of nitro groups is 1. The van der Waals surface area contributed by atoms with Crippen LogP contribution >= 0.6 is 0 Å². The number of nitrogens with one attached hydrogen (secondary N) is 2. The first kappa shape index (κ1) is 14.5. The van der Waals surface area contributed by atoms with Crippen molar-refractivity contribution < 1.29 is 18.5 Å². The summed E-state index contributed by atoms with van der Waals surface area (Å²) in [5.41, 5.74) is 0.595. The van der Waals surface area contributed by atoms with E-state index in [4.69, 9.17) is 4.42 Å². The first-order chi connectivity index (χ1) is 9.95. The summed E-state index contributed by atoms with van der Waals surface area (Å²) in [5.74, 6) is -0.857. The number of hydrogen-bond donors (Lipinski definition) is 2. The topological polar surface area (TPSA) is 97.4 Å². The van der Waals surface area contributed by atoms with Crippen molar-refractivity contribution in [2.24, 2.45) is 0 Å². The predicted molar refractivity (Wildman–Crippen MR) is 73.4 cm³/mol. The zero-order valence-corrected chi connectivity index (χ0v) is 11.1. The van der Waals surface area contributed by atoms with E-state index >= 15 is 0 Å². The Balaban J connectivity index is 2.07. The van der Waals surface area contributed by atoms with Crippen LogP contribution in [0.3, 0.4) is 0 Å². The maximum atomic E-state index is 13.6. The van der Waals surface area contributed by atoms with E-state index in [0.717, 1.165) is 0 Å². The molecule has 7 nitrogen and oxygen atoms in total. The fraction of sp³-hybridized carbons (Fsp3) is 0.154. The van der Waals surface area contributed by atoms with Gasteiger partial charge in [-0.25, -0.2) is 4.39 Å². The van der Waals surface area contributed by atoms with E-state index in [9.17, 15) is 19.3 Å². The highest BCUT2D eigenvalue weighted by Crippen LogP contribution is 2.22. The lowest BCUT2D eigenvalue weighted by atomic mass is 10.2. The van der Waals surface area contributed by atoms with Crippen molar-refractivity contribution in [3.05, 3.63) is 52.0 Å². The fourth-order valence-corrected chi connectivity index (χ4v) is 1.68. The lowest BCUT2D eigenvalue weighted by Crippen LogP contribution is -2.07. The molecular weight excluding hydrogens is 281 g/mol. The number of anilines is 2. The maximum Gasteiger partial charge on any atom is 0.433 e. The molecule has 0 fully saturated rings. The van der Waals surface area contributed by atoms with Gasteiger partial charge in [0.1, 0.15) is 16.5 Å². The molecule has 2 N–H and O–H groups in total. The van der Waals surface area contributed by atoms with Crippen molar-refractivity contribution >= 4 is 23.2 Å². The Morgan fingerprint density at radius 1 is 1.38 bits per heavy atom. The first-order valence-corrected chi connectivity index (χ1v) is 6.00. The van der Waals surface area contributed by atoms with Crippen molar-refractivity contribution in [2.45, 2.75) is 13.5 Å². The van der Waals surface area contributed by atoms with E-state index in [1.54, 1.807) is 0 Å². The molecule has 0 bridgehead atoms. The predicted octanol–water partition coefficient (Wildman–Crippen LogP) is 2.90. The Morgan fingerprint density at radius 3 is 2.76 bits per heavy atom. The Morgan fingerprint density at radius 2 is 2.14 bits per heavy atom. The van der Waals surface area contributed by atoms with Crippen molar-refractivity contribution in [1.29, 1.82) is 0 Å². The van der Waals surface area contributed by atoms with Crippen LogP contribution in [0, 0.1) is 15.9 Å². The van der Waals surface area contributed by atoms with Crippen LogP contribution in [0.25, 0.3) is 0 Å². The van der Waals surface area contributed by atoms with Crippen LogP contribution in [0.5, 0.6) is 0 Å². The Kier molecular flexibility index (Phi) is 4.17. The van der Waals surface area contributed by atoms with E-state index in [-0.39, 0.29) is 24.0 Å². The van der Waals surface area contributed by atoms with Crippen molar-refractivity contribution in [2.75, 3.05) is 10.6 Å². The summed E-state index contributed by atoms with van der Waals surface area (Å²) in [6, 6.07) is 6.72. The third-order valence-electron chi connectivity index (χ3n) is 2.57. The second-order valence-electron chi connectivity index (χ2n) is 4.23. The van der Waals surface area contributed by atoms with E-state index in [2.05, 4.69) is 10.6 Å². The van der Waals surface area contributed by atoms with Gasteiger partial charge in [0, 0.05) is 12.6 Å². The van der Waals surface area contributed by atoms with Crippen molar-refractivity contribution in [3.63, 3.8) is 0 Å². The second-order valence-corrected chi connectivity index (χ2v) is 4.23. The summed E-state index contributed by atoms with van der Waals surface area (Å²) >= 11 is 0. The monoisotopic (exact) mass is 293 g/mol. The molecule has 2 rings (SSSR count). The number of carbonyl (C=O) groups is 1. The number of hydrogen-bond acceptors (Lipinski definition) is 5. The molecule has 1 amide bonds. The Labute approximate surface area is 118 Å². The van der Waals surface area contributed by atoms with E-state index < -0.39 is 10.7 Å². The summed E-state index contributed by atoms with van der Waals surface area (Å²) < 4.78 is 18.6. The van der Waals surface area contributed by atoms with Crippen LogP contribution < -0.4 is 10.6 Å². The molecule has 0 saturated carbocycles. The van der Waals surface area contributed by atoms with Gasteiger partial charge in [-0.15, -0.1) is 0 Å². The van der Waals surface area contributed by atoms with Crippen LogP contribution in [-0.2, 0) is 11.3 Å². The highest BCUT2D eigenvalue weighted by molar-refractivity contribution is 5.89. The molecule has 0 aliphatic carbocycles. The highest BCUT2D eigenvalue weighted by Gasteiger charge is 2.12. The van der Waals surface area contributed by atoms with Gasteiger partial charge in [0.05, 0.1) is 18.3 Å². The lowest BCUT2D eigenvalue weighted by molar-refractivity contribution is -0.402. The summed E-state index contributed by atoms with van der Waals surface area (Å²) in [7, 11) is 0. The first-order valence-electron chi connectivity index (χ1n) is 6.00. The highest BCUT2D eigenvalue weighted by atomic mass is 19.1. The molecule has 1 aromatic carbocycles. The number of nitrogens with zero attached hydrogens (tertiary/aromatic N) is 1. The number of halogens is 1. The summed E-state index contributed by atoms with van der Waals surface area (Å²) in [4.78, 5) is 20.8. The summed E-state index contributed by atoms with van der Waals surface area (Å²) in [6.07, 6.45) is 0. The van der Waals surface area contributed by atoms with Gasteiger partial charge in [0.2, 0.25) is 5.91 Å². The Bertz CT molecular complexity index is 684. The quantitative estimate of drug-likeness (QED) is 0.652. The number of furan rings is 1. The molecule has 110 valence electrons. The molecule has 1 aromatic heterocycles. The molecule has 21 heavy (non-hydrogen) atoms. The summed E-state index contributed by atoms with van der Waals surface area (Å²) in [5, 5.41) is 15.8. The number of rotatable bonds is 5. The largest absolute Gasteiger partial charge is 0.433 e. The minimum atomic E-state index is -0.651. The minimum absolute atomic E-state index is 0.0777. The molecule has 0 atom stereocenters. The van der Waals surface area contributed by atoms with E-state index in [1.165, 1.54) is 37.3 Å². The van der Waals surface area contributed by atoms with Gasteiger partial charge in [-0.2, -0.15) is 0 Å². The molecule has 0 radical (unpaired) electrons. The van der Waals surface area contributed by atoms with E-state index in [0.29, 0.717) is 11.4 Å². The SMILES string of the molecule is CC(=O)Nc1ccc(F)c(NCc2ccc([N+](=O)[O-])o2)c1. The van der Waals surface area contributed by atoms with Crippen LogP contribution in [-0.4, -0.2) is 10.8 Å². The van der Waals surface area contributed by atoms with Gasteiger partial charge in [-0.1, -0.05) is 0 Å². The molecular formula is C13H12FN3O4. The zero-order valence-electron chi connectivity index (χ0n) is 11.1. The average molecular weight is 293 g/mol. The molecule has 0 unspecified atom stereocenters. The van der Waals surface area contributed by atoms with Gasteiger partial charge in [0.25, 0.3) is 0 Å². The minimum Gasteiger partial charge on any atom is -0.404 e. The van der Waals surface area contributed by atoms with Gasteiger partial charge >= 0.3 is 5.88 Å². The van der Waals surface area contributed by atoms with Crippen LogP contribution in [0.1, 0.15) is 12.7 Å². The molecule has 1 heterocycles. The van der Waals surface area contributed by atoms with Crippen molar-refractivity contribution in [1.82, 2.24) is 0 Å². The van der Waals surface area contributed by atoms with Gasteiger partial charge in [-0.3, -0.25) is 14.9 Å². The molecule has 2 aromatic rings. The van der Waals surface area contributed by atoms with Gasteiger partial charge in [0.15, 0.2) is 0 Å². The average Bonchev–Trinajstić information content (AvgIpc) is 2.88. The third-order valence-corrected chi connectivity index (χ3v) is 2.57. The molecule has 0 saturated heterocycles.